The van der Waals surface area contributed by atoms with E-state index in [1.165, 1.54) is 99.9 Å². The molecule has 59 heavy (non-hydrogen) atoms. The molecule has 8 aromatic carbocycles. The van der Waals surface area contributed by atoms with E-state index in [4.69, 9.17) is 0 Å². The van der Waals surface area contributed by atoms with E-state index >= 15 is 0 Å². The topological polar surface area (TPSA) is 8.17 Å². The van der Waals surface area contributed by atoms with Crippen LogP contribution in [0.15, 0.2) is 170 Å². The standard InChI is InChI=1S/C57H46N2/c1-55(2)47-21-13-11-19-41(47)43-32-37(25-28-48(43)55)58(39-24-27-42-40-18-10-12-20-46(40)56(3,4)50(42)34-39)38-26-29-52-44(33-38)45-30-36(35-16-8-7-9-17-35)31-51-54(45)59(52)53-23-15-14-22-49(53)57(51,5)6/h7-34H,1-6H3. The summed E-state index contributed by atoms with van der Waals surface area (Å²) in [5, 5.41) is 2.55. The second-order valence-corrected chi connectivity index (χ2v) is 18.6. The van der Waals surface area contributed by atoms with Gasteiger partial charge in [0.15, 0.2) is 0 Å². The molecule has 0 saturated heterocycles. The Bertz CT molecular complexity index is 3250. The number of hydrogen-bond acceptors (Lipinski definition) is 1. The first-order valence-electron chi connectivity index (χ1n) is 21.1. The molecular weight excluding hydrogens is 713 g/mol. The lowest BCUT2D eigenvalue weighted by atomic mass is 9.74. The highest BCUT2D eigenvalue weighted by atomic mass is 15.1. The number of benzene rings is 8. The molecule has 0 spiro atoms. The number of fused-ring (bicyclic) bond motifs is 11. The Hall–Kier alpha value is -6.64. The van der Waals surface area contributed by atoms with Crippen molar-refractivity contribution < 1.29 is 0 Å². The lowest BCUT2D eigenvalue weighted by Gasteiger charge is -2.35. The van der Waals surface area contributed by atoms with Crippen LogP contribution in [-0.4, -0.2) is 4.57 Å². The summed E-state index contributed by atoms with van der Waals surface area (Å²) in [4.78, 5) is 2.51. The number of aromatic nitrogens is 1. The van der Waals surface area contributed by atoms with Gasteiger partial charge in [0.05, 0.1) is 16.7 Å². The molecule has 284 valence electrons. The molecule has 0 bridgehead atoms. The van der Waals surface area contributed by atoms with Crippen molar-refractivity contribution >= 4 is 38.9 Å². The van der Waals surface area contributed by atoms with E-state index in [0.29, 0.717) is 0 Å². The van der Waals surface area contributed by atoms with Crippen LogP contribution < -0.4 is 4.90 Å². The van der Waals surface area contributed by atoms with E-state index in [0.717, 1.165) is 11.4 Å². The number of para-hydroxylation sites is 1. The summed E-state index contributed by atoms with van der Waals surface area (Å²) in [6.45, 7) is 14.3. The lowest BCUT2D eigenvalue weighted by Crippen LogP contribution is -2.26. The molecule has 0 fully saturated rings. The third kappa shape index (κ3) is 4.58. The Kier molecular flexibility index (Phi) is 6.84. The zero-order valence-corrected chi connectivity index (χ0v) is 34.6. The van der Waals surface area contributed by atoms with Crippen molar-refractivity contribution in [2.24, 2.45) is 0 Å². The molecule has 1 aromatic heterocycles. The van der Waals surface area contributed by atoms with E-state index in [9.17, 15) is 0 Å². The highest BCUT2D eigenvalue weighted by Gasteiger charge is 2.39. The van der Waals surface area contributed by atoms with Crippen molar-refractivity contribution in [2.75, 3.05) is 4.90 Å². The van der Waals surface area contributed by atoms with Crippen LogP contribution in [0.5, 0.6) is 0 Å². The molecule has 1 aliphatic heterocycles. The fraction of sp³-hybridized carbons (Fsp3) is 0.158. The maximum Gasteiger partial charge on any atom is 0.0582 e. The summed E-state index contributed by atoms with van der Waals surface area (Å²) >= 11 is 0. The van der Waals surface area contributed by atoms with Crippen molar-refractivity contribution in [3.63, 3.8) is 0 Å². The van der Waals surface area contributed by atoms with Crippen molar-refractivity contribution in [1.82, 2.24) is 4.57 Å². The predicted octanol–water partition coefficient (Wildman–Crippen LogP) is 15.2. The fourth-order valence-electron chi connectivity index (χ4n) is 11.3. The summed E-state index contributed by atoms with van der Waals surface area (Å²) in [5.74, 6) is 0. The summed E-state index contributed by atoms with van der Waals surface area (Å²) < 4.78 is 2.53. The molecule has 2 aliphatic carbocycles. The fourth-order valence-corrected chi connectivity index (χ4v) is 11.3. The van der Waals surface area contributed by atoms with Gasteiger partial charge >= 0.3 is 0 Å². The van der Waals surface area contributed by atoms with Crippen molar-refractivity contribution in [1.29, 1.82) is 0 Å². The third-order valence-corrected chi connectivity index (χ3v) is 14.4. The highest BCUT2D eigenvalue weighted by Crippen LogP contribution is 2.54. The molecule has 12 rings (SSSR count). The number of anilines is 3. The zero-order chi connectivity index (χ0) is 40.0. The van der Waals surface area contributed by atoms with Gasteiger partial charge in [-0.15, -0.1) is 0 Å². The second-order valence-electron chi connectivity index (χ2n) is 18.6. The van der Waals surface area contributed by atoms with Crippen LogP contribution in [0.25, 0.3) is 60.9 Å². The summed E-state index contributed by atoms with van der Waals surface area (Å²) in [6, 6.07) is 64.2. The Morgan fingerprint density at radius 2 is 0.898 bits per heavy atom. The van der Waals surface area contributed by atoms with Gasteiger partial charge in [-0.25, -0.2) is 0 Å². The summed E-state index contributed by atoms with van der Waals surface area (Å²) in [7, 11) is 0. The maximum absolute atomic E-state index is 2.53. The second kappa shape index (κ2) is 11.7. The Labute approximate surface area is 347 Å². The smallest absolute Gasteiger partial charge is 0.0582 e. The monoisotopic (exact) mass is 758 g/mol. The van der Waals surface area contributed by atoms with E-state index in [1.54, 1.807) is 0 Å². The summed E-state index contributed by atoms with van der Waals surface area (Å²) in [5.41, 5.74) is 23.0. The van der Waals surface area contributed by atoms with Crippen molar-refractivity contribution in [2.45, 2.75) is 57.8 Å². The number of nitrogens with zero attached hydrogens (tertiary/aromatic N) is 2. The van der Waals surface area contributed by atoms with Crippen LogP contribution in [0, 0.1) is 0 Å². The van der Waals surface area contributed by atoms with Crippen LogP contribution >= 0.6 is 0 Å². The van der Waals surface area contributed by atoms with E-state index in [-0.39, 0.29) is 16.2 Å². The van der Waals surface area contributed by atoms with Gasteiger partial charge in [-0.05, 0) is 127 Å². The molecular formula is C57H46N2. The molecule has 9 aromatic rings. The average Bonchev–Trinajstić information content (AvgIpc) is 3.80. The van der Waals surface area contributed by atoms with Gasteiger partial charge in [-0.2, -0.15) is 0 Å². The lowest BCUT2D eigenvalue weighted by molar-refractivity contribution is 0.630. The van der Waals surface area contributed by atoms with Crippen LogP contribution in [0.1, 0.15) is 74.9 Å². The molecule has 2 nitrogen and oxygen atoms in total. The molecule has 0 amide bonds. The normalized spacial score (nSPS) is 15.7. The predicted molar refractivity (Wildman–Crippen MR) is 248 cm³/mol. The first-order chi connectivity index (χ1) is 28.5. The number of rotatable bonds is 4. The van der Waals surface area contributed by atoms with Gasteiger partial charge < -0.3 is 9.47 Å². The molecule has 0 unspecified atom stereocenters. The molecule has 2 heterocycles. The van der Waals surface area contributed by atoms with E-state index < -0.39 is 0 Å². The SMILES string of the molecule is CC1(C)c2ccccc2-c2cc(N(c3ccc4c(c3)C(C)(C)c3ccccc3-4)c3ccc4c(c3)c3cc(-c5ccccc5)cc5c3n4-c3ccccc3C5(C)C)ccc21. The van der Waals surface area contributed by atoms with Gasteiger partial charge in [-0.1, -0.05) is 151 Å². The number of hydrogen-bond donors (Lipinski definition) is 0. The summed E-state index contributed by atoms with van der Waals surface area (Å²) in [6.07, 6.45) is 0. The Balaban J connectivity index is 1.14. The molecule has 2 heteroatoms. The highest BCUT2D eigenvalue weighted by molar-refractivity contribution is 6.14. The third-order valence-electron chi connectivity index (χ3n) is 14.4. The maximum atomic E-state index is 2.53. The Morgan fingerprint density at radius 3 is 1.66 bits per heavy atom. The van der Waals surface area contributed by atoms with Crippen LogP contribution in [0.4, 0.5) is 17.1 Å². The van der Waals surface area contributed by atoms with Gasteiger partial charge in [0.1, 0.15) is 0 Å². The first-order valence-corrected chi connectivity index (χ1v) is 21.1. The van der Waals surface area contributed by atoms with E-state index in [1.807, 2.05) is 0 Å². The van der Waals surface area contributed by atoms with Crippen LogP contribution in [-0.2, 0) is 16.2 Å². The minimum atomic E-state index is -0.178. The Morgan fingerprint density at radius 1 is 0.356 bits per heavy atom. The molecule has 0 radical (unpaired) electrons. The molecule has 0 saturated carbocycles. The quantitative estimate of drug-likeness (QED) is 0.174. The van der Waals surface area contributed by atoms with Gasteiger partial charge in [0, 0.05) is 44.1 Å². The van der Waals surface area contributed by atoms with Crippen molar-refractivity contribution in [3.05, 3.63) is 203 Å². The van der Waals surface area contributed by atoms with Crippen LogP contribution in [0.3, 0.4) is 0 Å². The average molecular weight is 759 g/mol. The zero-order valence-electron chi connectivity index (χ0n) is 34.6. The molecule has 0 atom stereocenters. The van der Waals surface area contributed by atoms with E-state index in [2.05, 4.69) is 221 Å². The largest absolute Gasteiger partial charge is 0.310 e. The molecule has 0 N–H and O–H groups in total. The van der Waals surface area contributed by atoms with Crippen LogP contribution in [0.2, 0.25) is 0 Å². The molecule has 3 aliphatic rings. The minimum Gasteiger partial charge on any atom is -0.310 e. The first kappa shape index (κ1) is 34.4. The van der Waals surface area contributed by atoms with Crippen molar-refractivity contribution in [3.8, 4) is 39.1 Å². The van der Waals surface area contributed by atoms with Gasteiger partial charge in [0.25, 0.3) is 0 Å². The van der Waals surface area contributed by atoms with Gasteiger partial charge in [-0.3, -0.25) is 0 Å². The minimum absolute atomic E-state index is 0.0656. The van der Waals surface area contributed by atoms with Gasteiger partial charge in [0.2, 0.25) is 0 Å².